The molecule has 2 rings (SSSR count). The SMILES string of the molecule is CCc1ccc2c(c1)cc(C)n2C(=O)OC(C)(C)C. The molecule has 3 nitrogen and oxygen atoms in total. The Balaban J connectivity index is 2.49. The zero-order valence-corrected chi connectivity index (χ0v) is 12.3. The summed E-state index contributed by atoms with van der Waals surface area (Å²) >= 11 is 0. The number of hydrogen-bond acceptors (Lipinski definition) is 2. The number of carbonyl (C=O) groups is 1. The molecule has 1 aromatic heterocycles. The molecule has 0 spiro atoms. The van der Waals surface area contributed by atoms with Crippen LogP contribution in [0.2, 0.25) is 0 Å². The van der Waals surface area contributed by atoms with Crippen molar-refractivity contribution in [3.63, 3.8) is 0 Å². The topological polar surface area (TPSA) is 31.2 Å². The number of hydrogen-bond donors (Lipinski definition) is 0. The molecule has 0 radical (unpaired) electrons. The number of nitrogens with zero attached hydrogens (tertiary/aromatic N) is 1. The van der Waals surface area contributed by atoms with Gasteiger partial charge in [0.1, 0.15) is 5.60 Å². The molecular weight excluding hydrogens is 238 g/mol. The van der Waals surface area contributed by atoms with E-state index in [-0.39, 0.29) is 6.09 Å². The maximum absolute atomic E-state index is 12.3. The Kier molecular flexibility index (Phi) is 3.40. The Morgan fingerprint density at radius 2 is 1.95 bits per heavy atom. The van der Waals surface area contributed by atoms with Crippen LogP contribution in [0.1, 0.15) is 39.0 Å². The third-order valence-corrected chi connectivity index (χ3v) is 3.03. The summed E-state index contributed by atoms with van der Waals surface area (Å²) < 4.78 is 7.09. The Labute approximate surface area is 114 Å². The van der Waals surface area contributed by atoms with Crippen molar-refractivity contribution in [3.8, 4) is 0 Å². The number of benzene rings is 1. The summed E-state index contributed by atoms with van der Waals surface area (Å²) in [5.74, 6) is 0. The second kappa shape index (κ2) is 4.72. The zero-order chi connectivity index (χ0) is 14.2. The summed E-state index contributed by atoms with van der Waals surface area (Å²) in [5, 5.41) is 1.09. The number of carbonyl (C=O) groups excluding carboxylic acids is 1. The first kappa shape index (κ1) is 13.7. The second-order valence-electron chi connectivity index (χ2n) is 5.85. The van der Waals surface area contributed by atoms with Gasteiger partial charge in [-0.2, -0.15) is 0 Å². The van der Waals surface area contributed by atoms with Crippen LogP contribution in [0.4, 0.5) is 4.79 Å². The van der Waals surface area contributed by atoms with E-state index in [9.17, 15) is 4.79 Å². The first-order chi connectivity index (χ1) is 8.81. The highest BCUT2D eigenvalue weighted by molar-refractivity contribution is 5.91. The van der Waals surface area contributed by atoms with Crippen molar-refractivity contribution in [3.05, 3.63) is 35.5 Å². The molecule has 0 bridgehead atoms. The number of fused-ring (bicyclic) bond motifs is 1. The average molecular weight is 259 g/mol. The van der Waals surface area contributed by atoms with Crippen LogP contribution >= 0.6 is 0 Å². The van der Waals surface area contributed by atoms with Crippen LogP contribution in [0, 0.1) is 6.92 Å². The number of aromatic nitrogens is 1. The number of aryl methyl sites for hydroxylation is 2. The number of ether oxygens (including phenoxy) is 1. The highest BCUT2D eigenvalue weighted by atomic mass is 16.6. The van der Waals surface area contributed by atoms with E-state index in [1.54, 1.807) is 4.57 Å². The minimum Gasteiger partial charge on any atom is -0.443 e. The van der Waals surface area contributed by atoms with Gasteiger partial charge >= 0.3 is 6.09 Å². The highest BCUT2D eigenvalue weighted by Gasteiger charge is 2.20. The zero-order valence-electron chi connectivity index (χ0n) is 12.3. The molecule has 19 heavy (non-hydrogen) atoms. The van der Waals surface area contributed by atoms with Gasteiger partial charge in [-0.25, -0.2) is 9.36 Å². The van der Waals surface area contributed by atoms with E-state index in [2.05, 4.69) is 19.1 Å². The second-order valence-corrected chi connectivity index (χ2v) is 5.85. The molecule has 0 amide bonds. The van der Waals surface area contributed by atoms with Crippen LogP contribution in [0.15, 0.2) is 24.3 Å². The van der Waals surface area contributed by atoms with Crippen LogP contribution in [-0.4, -0.2) is 16.3 Å². The molecule has 0 N–H and O–H groups in total. The fourth-order valence-corrected chi connectivity index (χ4v) is 2.17. The predicted molar refractivity (Wildman–Crippen MR) is 77.7 cm³/mol. The Hall–Kier alpha value is -1.77. The quantitative estimate of drug-likeness (QED) is 0.764. The summed E-state index contributed by atoms with van der Waals surface area (Å²) in [6.07, 6.45) is 0.677. The van der Waals surface area contributed by atoms with E-state index in [4.69, 9.17) is 4.74 Å². The standard InChI is InChI=1S/C16H21NO2/c1-6-12-7-8-14-13(10-12)9-11(2)17(14)15(18)19-16(3,4)5/h7-10H,6H2,1-5H3. The fraction of sp³-hybridized carbons (Fsp3) is 0.438. The first-order valence-corrected chi connectivity index (χ1v) is 6.66. The molecule has 0 aliphatic heterocycles. The largest absolute Gasteiger partial charge is 0.443 e. The molecule has 3 heteroatoms. The smallest absolute Gasteiger partial charge is 0.419 e. The highest BCUT2D eigenvalue weighted by Crippen LogP contribution is 2.23. The summed E-state index contributed by atoms with van der Waals surface area (Å²) in [5.41, 5.74) is 2.60. The Morgan fingerprint density at radius 1 is 1.26 bits per heavy atom. The summed E-state index contributed by atoms with van der Waals surface area (Å²) in [6, 6.07) is 8.20. The van der Waals surface area contributed by atoms with Gasteiger partial charge in [0.05, 0.1) is 5.52 Å². The molecule has 0 saturated carbocycles. The molecule has 1 aromatic carbocycles. The van der Waals surface area contributed by atoms with E-state index in [0.717, 1.165) is 23.0 Å². The minimum atomic E-state index is -0.483. The third-order valence-electron chi connectivity index (χ3n) is 3.03. The molecule has 0 unspecified atom stereocenters. The molecule has 0 fully saturated rings. The molecule has 1 heterocycles. The van der Waals surface area contributed by atoms with Crippen molar-refractivity contribution in [2.24, 2.45) is 0 Å². The van der Waals surface area contributed by atoms with Gasteiger partial charge in [0.15, 0.2) is 0 Å². The summed E-state index contributed by atoms with van der Waals surface area (Å²) in [6.45, 7) is 9.68. The van der Waals surface area contributed by atoms with Gasteiger partial charge in [0.2, 0.25) is 0 Å². The molecule has 102 valence electrons. The van der Waals surface area contributed by atoms with E-state index < -0.39 is 5.60 Å². The molecule has 0 atom stereocenters. The van der Waals surface area contributed by atoms with E-state index in [1.807, 2.05) is 39.8 Å². The predicted octanol–water partition coefficient (Wildman–Crippen LogP) is 4.30. The van der Waals surface area contributed by atoms with E-state index in [1.165, 1.54) is 5.56 Å². The lowest BCUT2D eigenvalue weighted by Crippen LogP contribution is -2.27. The third kappa shape index (κ3) is 2.80. The lowest BCUT2D eigenvalue weighted by Gasteiger charge is -2.20. The van der Waals surface area contributed by atoms with Crippen molar-refractivity contribution in [2.45, 2.75) is 46.6 Å². The van der Waals surface area contributed by atoms with Crippen LogP contribution in [0.5, 0.6) is 0 Å². The monoisotopic (exact) mass is 259 g/mol. The molecule has 0 aliphatic rings. The maximum atomic E-state index is 12.3. The van der Waals surface area contributed by atoms with Gasteiger partial charge < -0.3 is 4.74 Å². The lowest BCUT2D eigenvalue weighted by molar-refractivity contribution is 0.0542. The number of rotatable bonds is 1. The Morgan fingerprint density at radius 3 is 2.53 bits per heavy atom. The molecule has 2 aromatic rings. The van der Waals surface area contributed by atoms with Gasteiger partial charge in [-0.15, -0.1) is 0 Å². The fourth-order valence-electron chi connectivity index (χ4n) is 2.17. The van der Waals surface area contributed by atoms with Gasteiger partial charge in [-0.1, -0.05) is 13.0 Å². The average Bonchev–Trinajstić information content (AvgIpc) is 2.61. The van der Waals surface area contributed by atoms with Crippen molar-refractivity contribution >= 4 is 17.0 Å². The molecule has 0 saturated heterocycles. The summed E-state index contributed by atoms with van der Waals surface area (Å²) in [4.78, 5) is 12.3. The van der Waals surface area contributed by atoms with Gasteiger partial charge in [-0.05, 0) is 57.9 Å². The van der Waals surface area contributed by atoms with Crippen LogP contribution in [-0.2, 0) is 11.2 Å². The van der Waals surface area contributed by atoms with Crippen molar-refractivity contribution in [2.75, 3.05) is 0 Å². The minimum absolute atomic E-state index is 0.316. The van der Waals surface area contributed by atoms with Gasteiger partial charge in [0.25, 0.3) is 0 Å². The lowest BCUT2D eigenvalue weighted by atomic mass is 10.1. The first-order valence-electron chi connectivity index (χ1n) is 6.66. The van der Waals surface area contributed by atoms with Crippen LogP contribution in [0.3, 0.4) is 0 Å². The van der Waals surface area contributed by atoms with Gasteiger partial charge in [-0.3, -0.25) is 0 Å². The summed E-state index contributed by atoms with van der Waals surface area (Å²) in [7, 11) is 0. The Bertz CT molecular complexity index is 617. The molecule has 0 aliphatic carbocycles. The van der Waals surface area contributed by atoms with Crippen LogP contribution in [0.25, 0.3) is 10.9 Å². The maximum Gasteiger partial charge on any atom is 0.419 e. The van der Waals surface area contributed by atoms with E-state index >= 15 is 0 Å². The van der Waals surface area contributed by atoms with Gasteiger partial charge in [0, 0.05) is 11.1 Å². The van der Waals surface area contributed by atoms with Crippen molar-refractivity contribution in [1.29, 1.82) is 0 Å². The van der Waals surface area contributed by atoms with Crippen molar-refractivity contribution < 1.29 is 9.53 Å². The van der Waals surface area contributed by atoms with Crippen LogP contribution < -0.4 is 0 Å². The van der Waals surface area contributed by atoms with E-state index in [0.29, 0.717) is 0 Å². The molecular formula is C16H21NO2. The normalized spacial score (nSPS) is 11.8. The van der Waals surface area contributed by atoms with Crippen molar-refractivity contribution in [1.82, 2.24) is 4.57 Å².